The standard InChI is InChI=1S/C17H19ClN4O2/c18-13-6-2-3-7-14(13)24-11-17(23)21-15-10-16(20-12-19-15)22-8-4-1-5-9-22/h2-3,6-7,10,12H,1,4-5,8-9,11H2,(H,19,20,21,23). The average molecular weight is 347 g/mol. The number of ether oxygens (including phenoxy) is 1. The Morgan fingerprint density at radius 1 is 1.21 bits per heavy atom. The van der Waals surface area contributed by atoms with Crippen molar-refractivity contribution in [3.8, 4) is 5.75 Å². The van der Waals surface area contributed by atoms with E-state index in [0.29, 0.717) is 16.6 Å². The van der Waals surface area contributed by atoms with Crippen LogP contribution in [0.1, 0.15) is 19.3 Å². The average Bonchev–Trinajstić information content (AvgIpc) is 2.62. The van der Waals surface area contributed by atoms with Crippen LogP contribution in [0, 0.1) is 0 Å². The van der Waals surface area contributed by atoms with Gasteiger partial charge in [0, 0.05) is 19.2 Å². The molecule has 3 rings (SSSR count). The van der Waals surface area contributed by atoms with Crippen molar-refractivity contribution in [1.82, 2.24) is 9.97 Å². The Balaban J connectivity index is 1.57. The minimum atomic E-state index is -0.293. The Kier molecular flexibility index (Phi) is 5.48. The third-order valence-corrected chi connectivity index (χ3v) is 4.11. The quantitative estimate of drug-likeness (QED) is 0.900. The molecule has 1 aromatic carbocycles. The molecule has 2 heterocycles. The number of hydrogen-bond acceptors (Lipinski definition) is 5. The lowest BCUT2D eigenvalue weighted by atomic mass is 10.1. The SMILES string of the molecule is O=C(COc1ccccc1Cl)Nc1cc(N2CCCCC2)ncn1. The molecule has 1 aliphatic rings. The normalized spacial score (nSPS) is 14.3. The van der Waals surface area contributed by atoms with Crippen LogP contribution in [0.5, 0.6) is 5.75 Å². The number of nitrogens with zero attached hydrogens (tertiary/aromatic N) is 3. The number of benzene rings is 1. The maximum atomic E-state index is 12.0. The summed E-state index contributed by atoms with van der Waals surface area (Å²) in [6.07, 6.45) is 5.05. The zero-order valence-corrected chi connectivity index (χ0v) is 14.0. The van der Waals surface area contributed by atoms with Crippen molar-refractivity contribution in [1.29, 1.82) is 0 Å². The Bertz CT molecular complexity index is 704. The lowest BCUT2D eigenvalue weighted by Gasteiger charge is -2.27. The van der Waals surface area contributed by atoms with Crippen LogP contribution >= 0.6 is 11.6 Å². The van der Waals surface area contributed by atoms with Gasteiger partial charge in [-0.1, -0.05) is 23.7 Å². The second-order valence-electron chi connectivity index (χ2n) is 5.58. The van der Waals surface area contributed by atoms with E-state index in [4.69, 9.17) is 16.3 Å². The lowest BCUT2D eigenvalue weighted by molar-refractivity contribution is -0.118. The summed E-state index contributed by atoms with van der Waals surface area (Å²) < 4.78 is 5.42. The predicted octanol–water partition coefficient (Wildman–Crippen LogP) is 3.14. The van der Waals surface area contributed by atoms with Gasteiger partial charge in [0.2, 0.25) is 0 Å². The fourth-order valence-corrected chi connectivity index (χ4v) is 2.79. The van der Waals surface area contributed by atoms with Gasteiger partial charge in [0.05, 0.1) is 5.02 Å². The van der Waals surface area contributed by atoms with Gasteiger partial charge in [-0.2, -0.15) is 0 Å². The van der Waals surface area contributed by atoms with E-state index >= 15 is 0 Å². The highest BCUT2D eigenvalue weighted by Gasteiger charge is 2.13. The largest absolute Gasteiger partial charge is 0.482 e. The third-order valence-electron chi connectivity index (χ3n) is 3.80. The lowest BCUT2D eigenvalue weighted by Crippen LogP contribution is -2.30. The first-order valence-corrected chi connectivity index (χ1v) is 8.34. The van der Waals surface area contributed by atoms with Gasteiger partial charge in [0.25, 0.3) is 5.91 Å². The van der Waals surface area contributed by atoms with Gasteiger partial charge in [-0.3, -0.25) is 4.79 Å². The minimum absolute atomic E-state index is 0.132. The molecule has 7 heteroatoms. The Labute approximate surface area is 145 Å². The number of aromatic nitrogens is 2. The monoisotopic (exact) mass is 346 g/mol. The molecule has 1 amide bonds. The van der Waals surface area contributed by atoms with Crippen molar-refractivity contribution >= 4 is 29.1 Å². The molecule has 0 bridgehead atoms. The summed E-state index contributed by atoms with van der Waals surface area (Å²) in [6, 6.07) is 8.82. The number of piperidine rings is 1. The smallest absolute Gasteiger partial charge is 0.263 e. The fraction of sp³-hybridized carbons (Fsp3) is 0.353. The molecule has 24 heavy (non-hydrogen) atoms. The molecular formula is C17H19ClN4O2. The van der Waals surface area contributed by atoms with Crippen LogP contribution in [-0.2, 0) is 4.79 Å². The van der Waals surface area contributed by atoms with Gasteiger partial charge in [0.15, 0.2) is 6.61 Å². The van der Waals surface area contributed by atoms with Crippen LogP contribution in [0.25, 0.3) is 0 Å². The molecule has 1 N–H and O–H groups in total. The molecule has 0 saturated carbocycles. The van der Waals surface area contributed by atoms with Gasteiger partial charge in [-0.15, -0.1) is 0 Å². The Morgan fingerprint density at radius 3 is 2.79 bits per heavy atom. The predicted molar refractivity (Wildman–Crippen MR) is 93.7 cm³/mol. The number of para-hydroxylation sites is 1. The number of carbonyl (C=O) groups excluding carboxylic acids is 1. The highest BCUT2D eigenvalue weighted by molar-refractivity contribution is 6.32. The zero-order valence-electron chi connectivity index (χ0n) is 13.2. The summed E-state index contributed by atoms with van der Waals surface area (Å²) in [7, 11) is 0. The van der Waals surface area contributed by atoms with Crippen LogP contribution in [-0.4, -0.2) is 35.6 Å². The molecule has 0 unspecified atom stereocenters. The first-order valence-electron chi connectivity index (χ1n) is 7.96. The van der Waals surface area contributed by atoms with E-state index in [0.717, 1.165) is 31.7 Å². The number of anilines is 2. The van der Waals surface area contributed by atoms with Gasteiger partial charge in [-0.05, 0) is 31.4 Å². The first kappa shape index (κ1) is 16.5. The fourth-order valence-electron chi connectivity index (χ4n) is 2.60. The van der Waals surface area contributed by atoms with Gasteiger partial charge in [0.1, 0.15) is 23.7 Å². The number of amides is 1. The Morgan fingerprint density at radius 2 is 2.00 bits per heavy atom. The maximum Gasteiger partial charge on any atom is 0.263 e. The molecule has 1 aliphatic heterocycles. The minimum Gasteiger partial charge on any atom is -0.482 e. The van der Waals surface area contributed by atoms with E-state index in [9.17, 15) is 4.79 Å². The molecule has 1 saturated heterocycles. The highest BCUT2D eigenvalue weighted by atomic mass is 35.5. The summed E-state index contributed by atoms with van der Waals surface area (Å²) in [5, 5.41) is 3.20. The number of rotatable bonds is 5. The number of hydrogen-bond donors (Lipinski definition) is 1. The van der Waals surface area contributed by atoms with E-state index < -0.39 is 0 Å². The van der Waals surface area contributed by atoms with Crippen molar-refractivity contribution in [2.45, 2.75) is 19.3 Å². The van der Waals surface area contributed by atoms with Crippen molar-refractivity contribution in [2.75, 3.05) is 29.9 Å². The topological polar surface area (TPSA) is 67.3 Å². The molecule has 6 nitrogen and oxygen atoms in total. The van der Waals surface area contributed by atoms with Crippen molar-refractivity contribution < 1.29 is 9.53 Å². The molecule has 0 atom stereocenters. The van der Waals surface area contributed by atoms with Crippen LogP contribution < -0.4 is 15.0 Å². The molecule has 2 aromatic rings. The number of carbonyl (C=O) groups is 1. The van der Waals surface area contributed by atoms with Crippen LogP contribution in [0.3, 0.4) is 0 Å². The summed E-state index contributed by atoms with van der Waals surface area (Å²) >= 11 is 5.99. The number of halogens is 1. The summed E-state index contributed by atoms with van der Waals surface area (Å²) in [6.45, 7) is 1.84. The first-order chi connectivity index (χ1) is 11.7. The van der Waals surface area contributed by atoms with E-state index in [1.165, 1.54) is 12.7 Å². The number of nitrogens with one attached hydrogen (secondary N) is 1. The summed E-state index contributed by atoms with van der Waals surface area (Å²) in [5.74, 6) is 1.49. The third kappa shape index (κ3) is 4.35. The van der Waals surface area contributed by atoms with E-state index in [2.05, 4.69) is 20.2 Å². The van der Waals surface area contributed by atoms with Gasteiger partial charge >= 0.3 is 0 Å². The second-order valence-corrected chi connectivity index (χ2v) is 5.98. The zero-order chi connectivity index (χ0) is 16.8. The van der Waals surface area contributed by atoms with Crippen molar-refractivity contribution in [2.24, 2.45) is 0 Å². The molecule has 1 aromatic heterocycles. The molecule has 0 radical (unpaired) electrons. The second kappa shape index (κ2) is 7.97. The van der Waals surface area contributed by atoms with Crippen molar-refractivity contribution in [3.63, 3.8) is 0 Å². The molecule has 0 aliphatic carbocycles. The molecule has 0 spiro atoms. The van der Waals surface area contributed by atoms with Crippen molar-refractivity contribution in [3.05, 3.63) is 41.7 Å². The highest BCUT2D eigenvalue weighted by Crippen LogP contribution is 2.23. The molecule has 126 valence electrons. The van der Waals surface area contributed by atoms with E-state index in [-0.39, 0.29) is 12.5 Å². The maximum absolute atomic E-state index is 12.0. The van der Waals surface area contributed by atoms with Crippen LogP contribution in [0.4, 0.5) is 11.6 Å². The Hall–Kier alpha value is -2.34. The molecular weight excluding hydrogens is 328 g/mol. The molecule has 1 fully saturated rings. The van der Waals surface area contributed by atoms with Gasteiger partial charge < -0.3 is 15.0 Å². The van der Waals surface area contributed by atoms with E-state index in [1.807, 2.05) is 0 Å². The summed E-state index contributed by atoms with van der Waals surface area (Å²) in [5.41, 5.74) is 0. The van der Waals surface area contributed by atoms with Crippen LogP contribution in [0.15, 0.2) is 36.7 Å². The van der Waals surface area contributed by atoms with E-state index in [1.54, 1.807) is 30.3 Å². The van der Waals surface area contributed by atoms with Crippen LogP contribution in [0.2, 0.25) is 5.02 Å². The summed E-state index contributed by atoms with van der Waals surface area (Å²) in [4.78, 5) is 22.6. The van der Waals surface area contributed by atoms with Gasteiger partial charge in [-0.25, -0.2) is 9.97 Å².